The van der Waals surface area contributed by atoms with Gasteiger partial charge in [-0.25, -0.2) is 8.42 Å². The Kier molecular flexibility index (Phi) is 4.97. The van der Waals surface area contributed by atoms with Crippen LogP contribution in [0.5, 0.6) is 0 Å². The van der Waals surface area contributed by atoms with Crippen LogP contribution < -0.4 is 4.90 Å². The van der Waals surface area contributed by atoms with Crippen molar-refractivity contribution in [1.82, 2.24) is 4.31 Å². The molecule has 0 bridgehead atoms. The minimum atomic E-state index is -3.45. The van der Waals surface area contributed by atoms with Gasteiger partial charge in [0.2, 0.25) is 15.9 Å². The maximum absolute atomic E-state index is 12.7. The van der Waals surface area contributed by atoms with E-state index in [2.05, 4.69) is 0 Å². The van der Waals surface area contributed by atoms with Crippen molar-refractivity contribution in [1.29, 1.82) is 0 Å². The van der Waals surface area contributed by atoms with Crippen LogP contribution in [0.15, 0.2) is 23.1 Å². The molecule has 5 nitrogen and oxygen atoms in total. The first-order valence-electron chi connectivity index (χ1n) is 8.93. The highest BCUT2D eigenvalue weighted by Crippen LogP contribution is 2.35. The Hall–Kier alpha value is -1.40. The number of rotatable bonds is 5. The van der Waals surface area contributed by atoms with Crippen molar-refractivity contribution in [2.45, 2.75) is 50.8 Å². The average molecular weight is 350 g/mol. The Balaban J connectivity index is 1.87. The molecule has 1 saturated carbocycles. The molecule has 0 radical (unpaired) electrons. The van der Waals surface area contributed by atoms with E-state index in [-0.39, 0.29) is 11.8 Å². The number of benzene rings is 1. The van der Waals surface area contributed by atoms with Gasteiger partial charge in [0.1, 0.15) is 0 Å². The van der Waals surface area contributed by atoms with Gasteiger partial charge in [0.25, 0.3) is 0 Å². The predicted octanol–water partition coefficient (Wildman–Crippen LogP) is 2.80. The third kappa shape index (κ3) is 2.97. The Morgan fingerprint density at radius 2 is 1.88 bits per heavy atom. The summed E-state index contributed by atoms with van der Waals surface area (Å²) in [5, 5.41) is 0. The quantitative estimate of drug-likeness (QED) is 0.820. The Morgan fingerprint density at radius 3 is 2.50 bits per heavy atom. The first-order chi connectivity index (χ1) is 11.5. The molecule has 3 rings (SSSR count). The number of carbonyl (C=O) groups excluding carboxylic acids is 1. The molecule has 132 valence electrons. The van der Waals surface area contributed by atoms with Gasteiger partial charge in [-0.3, -0.25) is 4.79 Å². The highest BCUT2D eigenvalue weighted by Gasteiger charge is 2.33. The van der Waals surface area contributed by atoms with E-state index in [9.17, 15) is 13.2 Å². The summed E-state index contributed by atoms with van der Waals surface area (Å²) in [6, 6.07) is 5.21. The highest BCUT2D eigenvalue weighted by atomic mass is 32.2. The van der Waals surface area contributed by atoms with E-state index in [0.29, 0.717) is 24.5 Å². The minimum absolute atomic E-state index is 0.148. The van der Waals surface area contributed by atoms with Crippen LogP contribution in [0, 0.1) is 5.92 Å². The van der Waals surface area contributed by atoms with E-state index < -0.39 is 10.0 Å². The minimum Gasteiger partial charge on any atom is -0.312 e. The van der Waals surface area contributed by atoms with Crippen LogP contribution in [0.2, 0.25) is 0 Å². The normalized spacial score (nSPS) is 18.4. The third-order valence-electron chi connectivity index (χ3n) is 5.26. The maximum atomic E-state index is 12.7. The van der Waals surface area contributed by atoms with Crippen LogP contribution in [-0.2, 0) is 21.2 Å². The number of sulfonamides is 1. The zero-order valence-electron chi connectivity index (χ0n) is 14.5. The molecule has 0 aromatic heterocycles. The number of hydrogen-bond acceptors (Lipinski definition) is 3. The van der Waals surface area contributed by atoms with Crippen LogP contribution in [0.4, 0.5) is 5.69 Å². The fourth-order valence-electron chi connectivity index (χ4n) is 3.87. The lowest BCUT2D eigenvalue weighted by Gasteiger charge is -2.22. The molecule has 1 amide bonds. The van der Waals surface area contributed by atoms with Gasteiger partial charge in [-0.1, -0.05) is 26.7 Å². The van der Waals surface area contributed by atoms with Crippen molar-refractivity contribution in [3.8, 4) is 0 Å². The lowest BCUT2D eigenvalue weighted by Crippen LogP contribution is -2.33. The van der Waals surface area contributed by atoms with Crippen molar-refractivity contribution in [3.63, 3.8) is 0 Å². The van der Waals surface area contributed by atoms with Crippen molar-refractivity contribution < 1.29 is 13.2 Å². The summed E-state index contributed by atoms with van der Waals surface area (Å²) >= 11 is 0. The van der Waals surface area contributed by atoms with Crippen molar-refractivity contribution >= 4 is 21.6 Å². The number of amides is 1. The molecule has 1 fully saturated rings. The van der Waals surface area contributed by atoms with Gasteiger partial charge in [0, 0.05) is 31.2 Å². The SMILES string of the molecule is CCN(CC)S(=O)(=O)c1ccc2c(c1)CCN2C(=O)C1CCCC1. The van der Waals surface area contributed by atoms with E-state index in [1.165, 1.54) is 4.31 Å². The second kappa shape index (κ2) is 6.84. The standard InChI is InChI=1S/C18H26N2O3S/c1-3-19(4-2)24(22,23)16-9-10-17-15(13-16)11-12-20(17)18(21)14-7-5-6-8-14/h9-10,13-14H,3-8,11-12H2,1-2H3. The van der Waals surface area contributed by atoms with Crippen LogP contribution >= 0.6 is 0 Å². The van der Waals surface area contributed by atoms with Crippen LogP contribution in [0.3, 0.4) is 0 Å². The van der Waals surface area contributed by atoms with E-state index in [4.69, 9.17) is 0 Å². The lowest BCUT2D eigenvalue weighted by molar-refractivity contribution is -0.122. The molecule has 1 heterocycles. The molecular formula is C18H26N2O3S. The van der Waals surface area contributed by atoms with Crippen molar-refractivity contribution in [2.24, 2.45) is 5.92 Å². The zero-order valence-corrected chi connectivity index (χ0v) is 15.3. The summed E-state index contributed by atoms with van der Waals surface area (Å²) in [5.41, 5.74) is 1.86. The number of fused-ring (bicyclic) bond motifs is 1. The molecule has 24 heavy (non-hydrogen) atoms. The first-order valence-corrected chi connectivity index (χ1v) is 10.4. The Morgan fingerprint density at radius 1 is 1.21 bits per heavy atom. The second-order valence-corrected chi connectivity index (χ2v) is 8.54. The molecule has 1 aromatic rings. The smallest absolute Gasteiger partial charge is 0.243 e. The Labute approximate surface area is 144 Å². The Bertz CT molecular complexity index is 720. The molecule has 0 N–H and O–H groups in total. The molecule has 0 saturated heterocycles. The average Bonchev–Trinajstić information content (AvgIpc) is 3.24. The fourth-order valence-corrected chi connectivity index (χ4v) is 5.38. The molecule has 0 atom stereocenters. The molecule has 2 aliphatic rings. The van der Waals surface area contributed by atoms with Gasteiger partial charge >= 0.3 is 0 Å². The zero-order chi connectivity index (χ0) is 17.3. The van der Waals surface area contributed by atoms with Crippen LogP contribution in [-0.4, -0.2) is 38.3 Å². The van der Waals surface area contributed by atoms with Crippen molar-refractivity contribution in [2.75, 3.05) is 24.5 Å². The number of carbonyl (C=O) groups is 1. The summed E-state index contributed by atoms with van der Waals surface area (Å²) in [6.07, 6.45) is 4.98. The predicted molar refractivity (Wildman–Crippen MR) is 94.6 cm³/mol. The highest BCUT2D eigenvalue weighted by molar-refractivity contribution is 7.89. The number of nitrogens with zero attached hydrogens (tertiary/aromatic N) is 2. The third-order valence-corrected chi connectivity index (χ3v) is 7.31. The van der Waals surface area contributed by atoms with E-state index >= 15 is 0 Å². The largest absolute Gasteiger partial charge is 0.312 e. The summed E-state index contributed by atoms with van der Waals surface area (Å²) in [4.78, 5) is 14.9. The van der Waals surface area contributed by atoms with E-state index in [0.717, 1.165) is 43.4 Å². The molecule has 1 aliphatic carbocycles. The molecule has 6 heteroatoms. The van der Waals surface area contributed by atoms with Crippen LogP contribution in [0.1, 0.15) is 45.1 Å². The van der Waals surface area contributed by atoms with Gasteiger partial charge in [-0.15, -0.1) is 0 Å². The number of anilines is 1. The summed E-state index contributed by atoms with van der Waals surface area (Å²) in [5.74, 6) is 0.362. The van der Waals surface area contributed by atoms with Crippen LogP contribution in [0.25, 0.3) is 0 Å². The maximum Gasteiger partial charge on any atom is 0.243 e. The number of hydrogen-bond donors (Lipinski definition) is 0. The molecule has 1 aromatic carbocycles. The second-order valence-electron chi connectivity index (χ2n) is 6.60. The van der Waals surface area contributed by atoms with E-state index in [1.54, 1.807) is 12.1 Å². The fraction of sp³-hybridized carbons (Fsp3) is 0.611. The summed E-state index contributed by atoms with van der Waals surface area (Å²) in [7, 11) is -3.45. The monoisotopic (exact) mass is 350 g/mol. The molecular weight excluding hydrogens is 324 g/mol. The lowest BCUT2D eigenvalue weighted by atomic mass is 10.1. The van der Waals surface area contributed by atoms with Gasteiger partial charge < -0.3 is 4.90 Å². The topological polar surface area (TPSA) is 57.7 Å². The molecule has 0 spiro atoms. The van der Waals surface area contributed by atoms with Gasteiger partial charge in [-0.05, 0) is 43.0 Å². The molecule has 1 aliphatic heterocycles. The summed E-state index contributed by atoms with van der Waals surface area (Å²) in [6.45, 7) is 5.27. The van der Waals surface area contributed by atoms with E-state index in [1.807, 2.05) is 24.8 Å². The summed E-state index contributed by atoms with van der Waals surface area (Å²) < 4.78 is 26.8. The van der Waals surface area contributed by atoms with Gasteiger partial charge in [0.05, 0.1) is 4.90 Å². The van der Waals surface area contributed by atoms with Gasteiger partial charge in [-0.2, -0.15) is 4.31 Å². The first kappa shape index (κ1) is 17.4. The van der Waals surface area contributed by atoms with Crippen molar-refractivity contribution in [3.05, 3.63) is 23.8 Å². The molecule has 0 unspecified atom stereocenters. The van der Waals surface area contributed by atoms with Gasteiger partial charge in [0.15, 0.2) is 0 Å².